The third-order valence-electron chi connectivity index (χ3n) is 6.79. The first-order valence-corrected chi connectivity index (χ1v) is 14.0. The number of benzene rings is 2. The predicted molar refractivity (Wildman–Crippen MR) is 156 cm³/mol. The van der Waals surface area contributed by atoms with E-state index < -0.39 is 0 Å². The molecule has 1 aromatic heterocycles. The molecule has 8 heteroatoms. The summed E-state index contributed by atoms with van der Waals surface area (Å²) in [4.78, 5) is 25.5. The van der Waals surface area contributed by atoms with Crippen LogP contribution in [0.1, 0.15) is 48.6 Å². The van der Waals surface area contributed by atoms with Gasteiger partial charge in [0, 0.05) is 41.0 Å². The van der Waals surface area contributed by atoms with E-state index in [0.29, 0.717) is 6.54 Å². The van der Waals surface area contributed by atoms with Crippen molar-refractivity contribution in [1.82, 2.24) is 14.9 Å². The predicted octanol–water partition coefficient (Wildman–Crippen LogP) is 6.09. The summed E-state index contributed by atoms with van der Waals surface area (Å²) in [5.74, 6) is 0.891. The normalized spacial score (nSPS) is 18.2. The molecule has 2 aliphatic rings. The Morgan fingerprint density at radius 2 is 1.76 bits per heavy atom. The van der Waals surface area contributed by atoms with Crippen LogP contribution in [0.5, 0.6) is 5.75 Å². The number of rotatable bonds is 6. The van der Waals surface area contributed by atoms with E-state index in [0.717, 1.165) is 58.6 Å². The molecule has 0 saturated heterocycles. The molecule has 1 saturated carbocycles. The summed E-state index contributed by atoms with van der Waals surface area (Å²) in [6.07, 6.45) is 18.7. The Kier molecular flexibility index (Phi) is 11.5. The number of alkyl halides is 1. The minimum Gasteiger partial charge on any atom is -0.496 e. The molecule has 1 aliphatic carbocycles. The van der Waals surface area contributed by atoms with Crippen LogP contribution in [0.3, 0.4) is 0 Å². The Balaban J connectivity index is 0.000000956. The number of methoxy groups -OCH3 is 1. The van der Waals surface area contributed by atoms with Crippen LogP contribution >= 0.6 is 23.4 Å². The van der Waals surface area contributed by atoms with Crippen LogP contribution in [0.25, 0.3) is 11.1 Å². The van der Waals surface area contributed by atoms with E-state index >= 15 is 0 Å². The third-order valence-corrected chi connectivity index (χ3v) is 8.78. The van der Waals surface area contributed by atoms with Gasteiger partial charge in [-0.2, -0.15) is 0 Å². The number of amides is 1. The molecule has 1 aliphatic heterocycles. The van der Waals surface area contributed by atoms with Crippen molar-refractivity contribution in [3.63, 3.8) is 0 Å². The number of aromatic nitrogens is 2. The smallest absolute Gasteiger partial charge is 0.238 e. The van der Waals surface area contributed by atoms with E-state index in [1.807, 2.05) is 30.3 Å². The van der Waals surface area contributed by atoms with Gasteiger partial charge in [0.05, 0.1) is 12.5 Å². The van der Waals surface area contributed by atoms with E-state index in [9.17, 15) is 4.79 Å². The number of halogens is 1. The van der Waals surface area contributed by atoms with Crippen molar-refractivity contribution in [2.75, 3.05) is 14.2 Å². The molecule has 2 atom stereocenters. The van der Waals surface area contributed by atoms with Crippen molar-refractivity contribution >= 4 is 29.3 Å². The highest BCUT2D eigenvalue weighted by Crippen LogP contribution is 2.48. The Morgan fingerprint density at radius 1 is 1.08 bits per heavy atom. The molecule has 1 amide bonds. The minimum absolute atomic E-state index is 0.114. The number of hydrogen-bond acceptors (Lipinski definition) is 6. The largest absolute Gasteiger partial charge is 0.496 e. The number of fused-ring (bicyclic) bond motifs is 1. The fourth-order valence-electron chi connectivity index (χ4n) is 5.01. The summed E-state index contributed by atoms with van der Waals surface area (Å²) in [6.45, 7) is 0.491. The van der Waals surface area contributed by atoms with Gasteiger partial charge in [0.15, 0.2) is 0 Å². The number of nitrogens with two attached hydrogens (primary N) is 1. The summed E-state index contributed by atoms with van der Waals surface area (Å²) in [7, 11) is 3.18. The van der Waals surface area contributed by atoms with Gasteiger partial charge in [0.25, 0.3) is 0 Å². The summed E-state index contributed by atoms with van der Waals surface area (Å²) < 4.78 is 5.70. The first-order valence-electron chi connectivity index (χ1n) is 12.7. The molecule has 38 heavy (non-hydrogen) atoms. The van der Waals surface area contributed by atoms with Crippen molar-refractivity contribution in [3.8, 4) is 29.7 Å². The van der Waals surface area contributed by atoms with Gasteiger partial charge in [0.2, 0.25) is 5.91 Å². The Hall–Kier alpha value is -3.05. The highest BCUT2D eigenvalue weighted by atomic mass is 35.5. The van der Waals surface area contributed by atoms with Gasteiger partial charge in [-0.1, -0.05) is 43.5 Å². The van der Waals surface area contributed by atoms with Crippen LogP contribution in [0.4, 0.5) is 0 Å². The molecule has 0 bridgehead atoms. The van der Waals surface area contributed by atoms with Crippen molar-refractivity contribution in [1.29, 1.82) is 0 Å². The number of carbonyl (C=O) groups excluding carboxylic acids is 1. The number of terminal acetylenes is 1. The van der Waals surface area contributed by atoms with Gasteiger partial charge < -0.3 is 15.4 Å². The van der Waals surface area contributed by atoms with Crippen molar-refractivity contribution < 1.29 is 9.53 Å². The van der Waals surface area contributed by atoms with E-state index in [4.69, 9.17) is 16.3 Å². The van der Waals surface area contributed by atoms with E-state index in [2.05, 4.69) is 45.6 Å². The Morgan fingerprint density at radius 3 is 2.42 bits per heavy atom. The quantitative estimate of drug-likeness (QED) is 0.295. The molecular formula is C30H35ClN4O2S. The zero-order valence-electron chi connectivity index (χ0n) is 21.9. The zero-order chi connectivity index (χ0) is 27.5. The summed E-state index contributed by atoms with van der Waals surface area (Å²) in [5.41, 5.74) is 8.48. The van der Waals surface area contributed by atoms with Crippen LogP contribution in [0.15, 0.2) is 66.1 Å². The molecule has 6 nitrogen and oxygen atoms in total. The molecule has 200 valence electrons. The van der Waals surface area contributed by atoms with Gasteiger partial charge >= 0.3 is 0 Å². The number of thioether (sulfide) groups is 1. The molecule has 0 radical (unpaired) electrons. The van der Waals surface area contributed by atoms with Crippen molar-refractivity contribution in [2.24, 2.45) is 5.73 Å². The molecule has 2 heterocycles. The van der Waals surface area contributed by atoms with Gasteiger partial charge in [0.1, 0.15) is 17.3 Å². The van der Waals surface area contributed by atoms with Gasteiger partial charge in [-0.3, -0.25) is 4.79 Å². The second-order valence-corrected chi connectivity index (χ2v) is 10.5. The van der Waals surface area contributed by atoms with Crippen molar-refractivity contribution in [3.05, 3.63) is 72.3 Å². The topological polar surface area (TPSA) is 81.3 Å². The summed E-state index contributed by atoms with van der Waals surface area (Å²) in [5, 5.41) is -0.646. The van der Waals surface area contributed by atoms with Crippen LogP contribution < -0.4 is 10.5 Å². The van der Waals surface area contributed by atoms with Crippen LogP contribution in [0.2, 0.25) is 0 Å². The average molecular weight is 551 g/mol. The average Bonchev–Trinajstić information content (AvgIpc) is 3.34. The summed E-state index contributed by atoms with van der Waals surface area (Å²) >= 11 is 8.44. The lowest BCUT2D eigenvalue weighted by atomic mass is 9.93. The molecule has 0 spiro atoms. The van der Waals surface area contributed by atoms with E-state index in [-0.39, 0.29) is 22.6 Å². The Labute approximate surface area is 235 Å². The monoisotopic (exact) mass is 550 g/mol. The lowest BCUT2D eigenvalue weighted by Crippen LogP contribution is -2.45. The molecule has 2 aromatic carbocycles. The first-order chi connectivity index (χ1) is 18.7. The molecule has 1 fully saturated rings. The van der Waals surface area contributed by atoms with Gasteiger partial charge in [-0.25, -0.2) is 9.97 Å². The van der Waals surface area contributed by atoms with E-state index in [1.165, 1.54) is 19.8 Å². The maximum atomic E-state index is 14.0. The minimum atomic E-state index is -0.325. The second kappa shape index (κ2) is 14.8. The molecule has 2 unspecified atom stereocenters. The molecule has 5 rings (SSSR count). The van der Waals surface area contributed by atoms with Gasteiger partial charge in [-0.05, 0) is 49.2 Å². The van der Waals surface area contributed by atoms with E-state index in [1.54, 1.807) is 31.3 Å². The second-order valence-electron chi connectivity index (χ2n) is 8.89. The highest BCUT2D eigenvalue weighted by Gasteiger charge is 2.41. The number of hydrogen-bond donors (Lipinski definition) is 1. The van der Waals surface area contributed by atoms with Crippen molar-refractivity contribution in [2.45, 2.75) is 60.2 Å². The van der Waals surface area contributed by atoms with Crippen LogP contribution in [0, 0.1) is 12.8 Å². The molecule has 2 N–H and O–H groups in total. The summed E-state index contributed by atoms with van der Waals surface area (Å²) in [6, 6.07) is 14.4. The Bertz CT molecular complexity index is 1200. The molecular weight excluding hydrogens is 516 g/mol. The highest BCUT2D eigenvalue weighted by molar-refractivity contribution is 8.01. The fraction of sp³-hybridized carbons (Fsp3) is 0.367. The van der Waals surface area contributed by atoms with Crippen LogP contribution in [-0.4, -0.2) is 46.2 Å². The maximum Gasteiger partial charge on any atom is 0.238 e. The lowest BCUT2D eigenvalue weighted by Gasteiger charge is -2.36. The SMILES string of the molecule is C#C.CN.COc1ccc(-c2cncnc2)cc1CN(C(=O)C1Sc2ccccc2C1Cl)C1CCCCC1. The van der Waals surface area contributed by atoms with Gasteiger partial charge in [-0.15, -0.1) is 36.2 Å². The number of nitrogens with zero attached hydrogens (tertiary/aromatic N) is 3. The lowest BCUT2D eigenvalue weighted by molar-refractivity contribution is -0.134. The van der Waals surface area contributed by atoms with Crippen LogP contribution in [-0.2, 0) is 11.3 Å². The molecule has 3 aromatic rings. The number of carbonyl (C=O) groups is 1. The standard InChI is InChI=1S/C27H28ClN3O2S.C2H2.CH5N/c1-33-23-12-11-18(20-14-29-17-30-15-20)13-19(23)16-31(21-7-3-2-4-8-21)27(32)26-25(28)22-9-5-6-10-24(22)34-26;2*1-2/h5-6,9-15,17,21,25-26H,2-4,7-8,16H2,1H3;1-2H;2H2,1H3. The zero-order valence-corrected chi connectivity index (χ0v) is 23.5. The number of ether oxygens (including phenoxy) is 1. The fourth-order valence-corrected chi connectivity index (χ4v) is 6.79. The first kappa shape index (κ1) is 29.5. The maximum absolute atomic E-state index is 14.0. The third kappa shape index (κ3) is 6.68.